The molecule has 4 heteroatoms. The van der Waals surface area contributed by atoms with E-state index in [9.17, 15) is 4.79 Å². The predicted octanol–water partition coefficient (Wildman–Crippen LogP) is 2.59. The number of anilines is 1. The van der Waals surface area contributed by atoms with Gasteiger partial charge >= 0.3 is 0 Å². The van der Waals surface area contributed by atoms with Crippen molar-refractivity contribution in [2.75, 3.05) is 18.4 Å². The fourth-order valence-corrected chi connectivity index (χ4v) is 2.69. The van der Waals surface area contributed by atoms with Crippen molar-refractivity contribution in [3.63, 3.8) is 0 Å². The van der Waals surface area contributed by atoms with Crippen molar-refractivity contribution in [3.8, 4) is 0 Å². The Labute approximate surface area is 127 Å². The lowest BCUT2D eigenvalue weighted by Crippen LogP contribution is -2.40. The normalized spacial score (nSPS) is 18.4. The van der Waals surface area contributed by atoms with Crippen LogP contribution in [-0.2, 0) is 11.3 Å². The number of nitrogens with two attached hydrogens (primary N) is 1. The van der Waals surface area contributed by atoms with Crippen LogP contribution in [0.2, 0.25) is 0 Å². The van der Waals surface area contributed by atoms with Gasteiger partial charge in [0.1, 0.15) is 0 Å². The molecule has 1 amide bonds. The predicted molar refractivity (Wildman–Crippen MR) is 87.0 cm³/mol. The maximum atomic E-state index is 12.3. The van der Waals surface area contributed by atoms with Crippen molar-refractivity contribution >= 4 is 11.6 Å². The molecule has 0 radical (unpaired) electrons. The Balaban J connectivity index is 2.03. The summed E-state index contributed by atoms with van der Waals surface area (Å²) < 4.78 is 0. The molecule has 116 valence electrons. The monoisotopic (exact) mass is 289 g/mol. The molecule has 2 atom stereocenters. The molecule has 4 nitrogen and oxygen atoms in total. The number of nitrogens with one attached hydrogen (secondary N) is 1. The molecule has 21 heavy (non-hydrogen) atoms. The van der Waals surface area contributed by atoms with Gasteiger partial charge in [-0.3, -0.25) is 9.69 Å². The Hall–Kier alpha value is -1.39. The zero-order valence-electron chi connectivity index (χ0n) is 13.1. The first-order chi connectivity index (χ1) is 10.1. The molecule has 1 aliphatic rings. The van der Waals surface area contributed by atoms with Gasteiger partial charge in [0, 0.05) is 12.2 Å². The highest BCUT2D eigenvalue weighted by Gasteiger charge is 2.21. The van der Waals surface area contributed by atoms with Crippen LogP contribution in [0.5, 0.6) is 0 Å². The smallest absolute Gasteiger partial charge is 0.241 e. The maximum absolute atomic E-state index is 12.3. The van der Waals surface area contributed by atoms with E-state index in [1.165, 1.54) is 18.4 Å². The summed E-state index contributed by atoms with van der Waals surface area (Å²) in [5, 5.41) is 3.01. The topological polar surface area (TPSA) is 58.4 Å². The molecule has 2 rings (SSSR count). The summed E-state index contributed by atoms with van der Waals surface area (Å²) in [5.74, 6) is 0.106. The van der Waals surface area contributed by atoms with Gasteiger partial charge in [0.15, 0.2) is 0 Å². The van der Waals surface area contributed by atoms with E-state index in [1.807, 2.05) is 25.1 Å². The maximum Gasteiger partial charge on any atom is 0.241 e. The van der Waals surface area contributed by atoms with Crippen LogP contribution >= 0.6 is 0 Å². The van der Waals surface area contributed by atoms with Crippen molar-refractivity contribution in [3.05, 3.63) is 29.8 Å². The standard InChI is InChI=1S/C17H27N3O/c1-3-13(2)16(18)17(21)19-15-9-5-4-8-14(15)12-20-10-6-7-11-20/h4-5,8-9,13,16H,3,6-7,10-12,18H2,1-2H3,(H,19,21)/t13?,16-/m0/s1. The number of para-hydroxylation sites is 1. The molecule has 0 aromatic heterocycles. The fraction of sp³-hybridized carbons (Fsp3) is 0.588. The fourth-order valence-electron chi connectivity index (χ4n) is 2.69. The molecule has 0 spiro atoms. The largest absolute Gasteiger partial charge is 0.324 e. The van der Waals surface area contributed by atoms with E-state index < -0.39 is 6.04 Å². The van der Waals surface area contributed by atoms with Crippen molar-refractivity contribution < 1.29 is 4.79 Å². The van der Waals surface area contributed by atoms with Gasteiger partial charge in [-0.2, -0.15) is 0 Å². The molecule has 3 N–H and O–H groups in total. The Bertz CT molecular complexity index is 469. The van der Waals surface area contributed by atoms with Gasteiger partial charge in [0.25, 0.3) is 0 Å². The van der Waals surface area contributed by atoms with Gasteiger partial charge in [-0.1, -0.05) is 38.5 Å². The van der Waals surface area contributed by atoms with E-state index in [2.05, 4.69) is 23.2 Å². The minimum Gasteiger partial charge on any atom is -0.324 e. The number of amides is 1. The summed E-state index contributed by atoms with van der Waals surface area (Å²) in [7, 11) is 0. The van der Waals surface area contributed by atoms with E-state index in [4.69, 9.17) is 5.73 Å². The Kier molecular flexibility index (Phi) is 5.76. The van der Waals surface area contributed by atoms with Crippen LogP contribution in [0.25, 0.3) is 0 Å². The number of carbonyl (C=O) groups is 1. The summed E-state index contributed by atoms with van der Waals surface area (Å²) in [6, 6.07) is 7.58. The number of nitrogens with zero attached hydrogens (tertiary/aromatic N) is 1. The van der Waals surface area contributed by atoms with Crippen molar-refractivity contribution in [1.29, 1.82) is 0 Å². The van der Waals surface area contributed by atoms with Crippen molar-refractivity contribution in [2.24, 2.45) is 11.7 Å². The SMILES string of the molecule is CCC(C)[C@H](N)C(=O)Nc1ccccc1CN1CCCC1. The van der Waals surface area contributed by atoms with Crippen LogP contribution in [0.15, 0.2) is 24.3 Å². The molecule has 1 aromatic rings. The third kappa shape index (κ3) is 4.29. The minimum atomic E-state index is -0.449. The molecular weight excluding hydrogens is 262 g/mol. The van der Waals surface area contributed by atoms with Crippen LogP contribution in [0.1, 0.15) is 38.7 Å². The van der Waals surface area contributed by atoms with Gasteiger partial charge < -0.3 is 11.1 Å². The number of rotatable bonds is 6. The average molecular weight is 289 g/mol. The first-order valence-corrected chi connectivity index (χ1v) is 7.98. The molecule has 1 saturated heterocycles. The van der Waals surface area contributed by atoms with Crippen LogP contribution in [-0.4, -0.2) is 29.9 Å². The van der Waals surface area contributed by atoms with E-state index in [-0.39, 0.29) is 11.8 Å². The Morgan fingerprint density at radius 1 is 1.33 bits per heavy atom. The van der Waals surface area contributed by atoms with Gasteiger partial charge in [-0.25, -0.2) is 0 Å². The molecule has 1 fully saturated rings. The number of carbonyl (C=O) groups excluding carboxylic acids is 1. The van der Waals surface area contributed by atoms with Gasteiger partial charge in [0.2, 0.25) is 5.91 Å². The van der Waals surface area contributed by atoms with Crippen LogP contribution in [0, 0.1) is 5.92 Å². The lowest BCUT2D eigenvalue weighted by molar-refractivity contribution is -0.118. The molecule has 0 saturated carbocycles. The molecule has 1 aliphatic heterocycles. The molecule has 0 aliphatic carbocycles. The second-order valence-electron chi connectivity index (χ2n) is 6.04. The van der Waals surface area contributed by atoms with Crippen molar-refractivity contribution in [2.45, 2.75) is 45.7 Å². The second kappa shape index (κ2) is 7.57. The number of likely N-dealkylation sites (tertiary alicyclic amines) is 1. The minimum absolute atomic E-state index is 0.0850. The number of hydrogen-bond donors (Lipinski definition) is 2. The lowest BCUT2D eigenvalue weighted by Gasteiger charge is -2.21. The quantitative estimate of drug-likeness (QED) is 0.846. The molecule has 1 unspecified atom stereocenters. The molecule has 0 bridgehead atoms. The Morgan fingerprint density at radius 2 is 2.00 bits per heavy atom. The highest BCUT2D eigenvalue weighted by Crippen LogP contribution is 2.20. The van der Waals surface area contributed by atoms with E-state index in [0.29, 0.717) is 0 Å². The van der Waals surface area contributed by atoms with Crippen LogP contribution < -0.4 is 11.1 Å². The molecule has 1 aromatic carbocycles. The molecular formula is C17H27N3O. The summed E-state index contributed by atoms with van der Waals surface area (Å²) in [5.41, 5.74) is 8.08. The Morgan fingerprint density at radius 3 is 2.67 bits per heavy atom. The summed E-state index contributed by atoms with van der Waals surface area (Å²) >= 11 is 0. The lowest BCUT2D eigenvalue weighted by atomic mass is 9.99. The van der Waals surface area contributed by atoms with Crippen molar-refractivity contribution in [1.82, 2.24) is 4.90 Å². The number of benzene rings is 1. The highest BCUT2D eigenvalue weighted by atomic mass is 16.2. The summed E-state index contributed by atoms with van der Waals surface area (Å²) in [6.07, 6.45) is 3.45. The summed E-state index contributed by atoms with van der Waals surface area (Å²) in [6.45, 7) is 7.26. The van der Waals surface area contributed by atoms with Crippen LogP contribution in [0.3, 0.4) is 0 Å². The second-order valence-corrected chi connectivity index (χ2v) is 6.04. The first-order valence-electron chi connectivity index (χ1n) is 7.98. The average Bonchev–Trinajstić information content (AvgIpc) is 3.00. The summed E-state index contributed by atoms with van der Waals surface area (Å²) in [4.78, 5) is 14.7. The van der Waals surface area contributed by atoms with Gasteiger partial charge in [0.05, 0.1) is 6.04 Å². The van der Waals surface area contributed by atoms with E-state index >= 15 is 0 Å². The van der Waals surface area contributed by atoms with Crippen LogP contribution in [0.4, 0.5) is 5.69 Å². The zero-order chi connectivity index (χ0) is 15.2. The molecule has 1 heterocycles. The third-order valence-electron chi connectivity index (χ3n) is 4.43. The van der Waals surface area contributed by atoms with E-state index in [1.54, 1.807) is 0 Å². The van der Waals surface area contributed by atoms with Gasteiger partial charge in [-0.05, 0) is 43.5 Å². The first kappa shape index (κ1) is 16.0. The zero-order valence-corrected chi connectivity index (χ0v) is 13.1. The highest BCUT2D eigenvalue weighted by molar-refractivity contribution is 5.95. The number of hydrogen-bond acceptors (Lipinski definition) is 3. The van der Waals surface area contributed by atoms with E-state index in [0.717, 1.165) is 31.7 Å². The third-order valence-corrected chi connectivity index (χ3v) is 4.43. The van der Waals surface area contributed by atoms with Gasteiger partial charge in [-0.15, -0.1) is 0 Å².